The Bertz CT molecular complexity index is 268. The van der Waals surface area contributed by atoms with Crippen molar-refractivity contribution in [1.29, 1.82) is 0 Å². The monoisotopic (exact) mass is 213 g/mol. The number of hydrogen-bond acceptors (Lipinski definition) is 4. The number of hydrogen-bond donors (Lipinski definition) is 1. The van der Waals surface area contributed by atoms with Gasteiger partial charge in [-0.3, -0.25) is 0 Å². The predicted molar refractivity (Wildman–Crippen MR) is 55.3 cm³/mol. The molecule has 1 fully saturated rings. The van der Waals surface area contributed by atoms with Gasteiger partial charge in [0, 0.05) is 5.25 Å². The van der Waals surface area contributed by atoms with Gasteiger partial charge in [0.05, 0.1) is 18.4 Å². The first-order chi connectivity index (χ1) is 6.74. The molecule has 5 heteroatoms. The lowest BCUT2D eigenvalue weighted by Gasteiger charge is -2.31. The Morgan fingerprint density at radius 2 is 2.14 bits per heavy atom. The first-order valence-corrected chi connectivity index (χ1v) is 5.80. The van der Waals surface area contributed by atoms with E-state index in [-0.39, 0.29) is 0 Å². The van der Waals surface area contributed by atoms with Crippen LogP contribution in [0.2, 0.25) is 0 Å². The summed E-state index contributed by atoms with van der Waals surface area (Å²) in [5.74, 6) is 0. The molecule has 0 aromatic carbocycles. The molecule has 4 nitrogen and oxygen atoms in total. The zero-order valence-electron chi connectivity index (χ0n) is 8.43. The first kappa shape index (κ1) is 9.98. The van der Waals surface area contributed by atoms with E-state index in [0.29, 0.717) is 17.5 Å². The fourth-order valence-electron chi connectivity index (χ4n) is 1.86. The molecule has 78 valence electrons. The number of nitrogens with one attached hydrogen (secondary N) is 1. The lowest BCUT2D eigenvalue weighted by Crippen LogP contribution is -2.30. The second-order valence-corrected chi connectivity index (χ2v) is 5.10. The number of nitrogens with zero attached hydrogens (tertiary/aromatic N) is 2. The minimum atomic E-state index is 0.364. The van der Waals surface area contributed by atoms with Crippen molar-refractivity contribution in [3.8, 4) is 0 Å². The number of aromatic amines is 1. The standard InChI is InChI=1S/C9H15N3OS/c1-6-3-8(4-7(2)13-6)14-9-5-10-12-11-9/h5-8H,3-4H2,1-2H3,(H,10,11,12). The predicted octanol–water partition coefficient (Wildman–Crippen LogP) is 1.85. The number of thioether (sulfide) groups is 1. The third-order valence-corrected chi connectivity index (χ3v) is 3.49. The third kappa shape index (κ3) is 2.48. The van der Waals surface area contributed by atoms with Gasteiger partial charge in [0.2, 0.25) is 0 Å². The van der Waals surface area contributed by atoms with E-state index in [9.17, 15) is 0 Å². The van der Waals surface area contributed by atoms with Gasteiger partial charge in [-0.15, -0.1) is 5.10 Å². The molecule has 1 saturated heterocycles. The maximum atomic E-state index is 5.68. The maximum Gasteiger partial charge on any atom is 0.138 e. The summed E-state index contributed by atoms with van der Waals surface area (Å²) >= 11 is 1.79. The van der Waals surface area contributed by atoms with Crippen LogP contribution in [0.3, 0.4) is 0 Å². The summed E-state index contributed by atoms with van der Waals surface area (Å²) < 4.78 is 5.68. The molecular weight excluding hydrogens is 198 g/mol. The highest BCUT2D eigenvalue weighted by atomic mass is 32.2. The molecule has 2 unspecified atom stereocenters. The summed E-state index contributed by atoms with van der Waals surface area (Å²) in [7, 11) is 0. The quantitative estimate of drug-likeness (QED) is 0.814. The Kier molecular flexibility index (Phi) is 3.08. The van der Waals surface area contributed by atoms with Gasteiger partial charge in [-0.25, -0.2) is 0 Å². The fraction of sp³-hybridized carbons (Fsp3) is 0.778. The molecule has 1 N–H and O–H groups in total. The van der Waals surface area contributed by atoms with E-state index in [1.165, 1.54) is 0 Å². The van der Waals surface area contributed by atoms with E-state index in [2.05, 4.69) is 29.3 Å². The van der Waals surface area contributed by atoms with Crippen LogP contribution in [-0.4, -0.2) is 32.9 Å². The topological polar surface area (TPSA) is 50.8 Å². The second-order valence-electron chi connectivity index (χ2n) is 3.78. The zero-order chi connectivity index (χ0) is 9.97. The first-order valence-electron chi connectivity index (χ1n) is 4.92. The average Bonchev–Trinajstić information content (AvgIpc) is 2.54. The van der Waals surface area contributed by atoms with E-state index in [0.717, 1.165) is 17.9 Å². The molecule has 0 aliphatic carbocycles. The van der Waals surface area contributed by atoms with E-state index < -0.39 is 0 Å². The van der Waals surface area contributed by atoms with Crippen molar-refractivity contribution in [2.45, 2.75) is 49.2 Å². The van der Waals surface area contributed by atoms with Crippen LogP contribution in [0.4, 0.5) is 0 Å². The third-order valence-electron chi connectivity index (χ3n) is 2.33. The minimum Gasteiger partial charge on any atom is -0.375 e. The Labute approximate surface area is 87.8 Å². The van der Waals surface area contributed by atoms with E-state index in [1.54, 1.807) is 18.0 Å². The van der Waals surface area contributed by atoms with Crippen LogP contribution in [0.15, 0.2) is 11.2 Å². The molecule has 0 saturated carbocycles. The number of aromatic nitrogens is 3. The van der Waals surface area contributed by atoms with Crippen molar-refractivity contribution in [3.63, 3.8) is 0 Å². The molecular formula is C9H15N3OS. The fourth-order valence-corrected chi connectivity index (χ4v) is 3.14. The Balaban J connectivity index is 1.91. The van der Waals surface area contributed by atoms with Crippen molar-refractivity contribution in [2.24, 2.45) is 0 Å². The van der Waals surface area contributed by atoms with Gasteiger partial charge in [-0.2, -0.15) is 10.3 Å². The van der Waals surface area contributed by atoms with Crippen LogP contribution >= 0.6 is 11.8 Å². The molecule has 1 aliphatic rings. The highest BCUT2D eigenvalue weighted by molar-refractivity contribution is 7.99. The Morgan fingerprint density at radius 3 is 2.71 bits per heavy atom. The molecule has 1 aromatic heterocycles. The smallest absolute Gasteiger partial charge is 0.138 e. The van der Waals surface area contributed by atoms with Crippen LogP contribution in [0.1, 0.15) is 26.7 Å². The molecule has 2 rings (SSSR count). The van der Waals surface area contributed by atoms with Crippen LogP contribution in [0, 0.1) is 0 Å². The van der Waals surface area contributed by atoms with Crippen molar-refractivity contribution >= 4 is 11.8 Å². The van der Waals surface area contributed by atoms with Crippen LogP contribution < -0.4 is 0 Å². The summed E-state index contributed by atoms with van der Waals surface area (Å²) in [6, 6.07) is 0. The zero-order valence-corrected chi connectivity index (χ0v) is 9.25. The molecule has 0 spiro atoms. The van der Waals surface area contributed by atoms with Crippen molar-refractivity contribution < 1.29 is 4.74 Å². The molecule has 0 bridgehead atoms. The Hall–Kier alpha value is -0.550. The summed E-state index contributed by atoms with van der Waals surface area (Å²) in [5, 5.41) is 12.1. The molecule has 1 aliphatic heterocycles. The van der Waals surface area contributed by atoms with Crippen molar-refractivity contribution in [3.05, 3.63) is 6.20 Å². The van der Waals surface area contributed by atoms with Gasteiger partial charge in [0.15, 0.2) is 0 Å². The maximum absolute atomic E-state index is 5.68. The molecule has 0 radical (unpaired) electrons. The summed E-state index contributed by atoms with van der Waals surface area (Å²) in [4.78, 5) is 0. The molecule has 1 aromatic rings. The molecule has 0 amide bonds. The van der Waals surface area contributed by atoms with Gasteiger partial charge in [0.25, 0.3) is 0 Å². The van der Waals surface area contributed by atoms with Crippen LogP contribution in [0.25, 0.3) is 0 Å². The lowest BCUT2D eigenvalue weighted by atomic mass is 10.1. The van der Waals surface area contributed by atoms with Crippen LogP contribution in [-0.2, 0) is 4.74 Å². The summed E-state index contributed by atoms with van der Waals surface area (Å²) in [6.45, 7) is 4.26. The Morgan fingerprint density at radius 1 is 1.43 bits per heavy atom. The number of H-pyrrole nitrogens is 1. The summed E-state index contributed by atoms with van der Waals surface area (Å²) in [5.41, 5.74) is 0. The highest BCUT2D eigenvalue weighted by Gasteiger charge is 2.25. The largest absolute Gasteiger partial charge is 0.375 e. The number of ether oxygens (including phenoxy) is 1. The van der Waals surface area contributed by atoms with Gasteiger partial charge < -0.3 is 4.74 Å². The molecule has 14 heavy (non-hydrogen) atoms. The van der Waals surface area contributed by atoms with E-state index in [1.807, 2.05) is 0 Å². The van der Waals surface area contributed by atoms with Crippen LogP contribution in [0.5, 0.6) is 0 Å². The van der Waals surface area contributed by atoms with Gasteiger partial charge in [0.1, 0.15) is 5.03 Å². The van der Waals surface area contributed by atoms with Crippen molar-refractivity contribution in [2.75, 3.05) is 0 Å². The SMILES string of the molecule is CC1CC(Sc2cn[nH]n2)CC(C)O1. The number of rotatable bonds is 2. The van der Waals surface area contributed by atoms with E-state index >= 15 is 0 Å². The van der Waals surface area contributed by atoms with Crippen molar-refractivity contribution in [1.82, 2.24) is 15.4 Å². The normalized spacial score (nSPS) is 33.1. The van der Waals surface area contributed by atoms with Gasteiger partial charge in [-0.1, -0.05) is 11.8 Å². The summed E-state index contributed by atoms with van der Waals surface area (Å²) in [6.07, 6.45) is 4.70. The molecule has 2 atom stereocenters. The van der Waals surface area contributed by atoms with Gasteiger partial charge in [-0.05, 0) is 26.7 Å². The molecule has 2 heterocycles. The lowest BCUT2D eigenvalue weighted by molar-refractivity contribution is -0.0265. The average molecular weight is 213 g/mol. The highest BCUT2D eigenvalue weighted by Crippen LogP contribution is 2.32. The van der Waals surface area contributed by atoms with E-state index in [4.69, 9.17) is 4.74 Å². The minimum absolute atomic E-state index is 0.364. The second kappa shape index (κ2) is 4.31. The van der Waals surface area contributed by atoms with Gasteiger partial charge >= 0.3 is 0 Å².